The molecular formula is C96H87N9O32. The molecule has 708 valence electrons. The van der Waals surface area contributed by atoms with Crippen LogP contribution in [0.25, 0.3) is 31.3 Å². The van der Waals surface area contributed by atoms with Crippen LogP contribution in [0.3, 0.4) is 0 Å². The first-order valence-electron chi connectivity index (χ1n) is 42.0. The minimum Gasteiger partial charge on any atom is -0.465 e. The Bertz CT molecular complexity index is 5900. The summed E-state index contributed by atoms with van der Waals surface area (Å²) in [6.07, 6.45) is -31.8. The molecule has 0 spiro atoms. The van der Waals surface area contributed by atoms with Crippen molar-refractivity contribution in [1.82, 2.24) is 0 Å². The van der Waals surface area contributed by atoms with Crippen LogP contribution in [-0.2, 0) is 109 Å². The van der Waals surface area contributed by atoms with Gasteiger partial charge in [-0.1, -0.05) is 179 Å². The number of methoxy groups -OCH3 is 4. The van der Waals surface area contributed by atoms with Gasteiger partial charge in [-0.15, -0.1) is 0 Å². The molecule has 3 aliphatic heterocycles. The number of carbonyl (C=O) groups excluding carboxylic acids is 13. The van der Waals surface area contributed by atoms with E-state index in [-0.39, 0.29) is 50.1 Å². The maximum Gasteiger partial charge on any atom is 0.366 e. The van der Waals surface area contributed by atoms with Gasteiger partial charge in [-0.2, -0.15) is 0 Å². The lowest BCUT2D eigenvalue weighted by molar-refractivity contribution is -0.328. The molecule has 12 rings (SSSR count). The van der Waals surface area contributed by atoms with E-state index in [4.69, 9.17) is 90.0 Å². The minimum atomic E-state index is -3.46. The van der Waals surface area contributed by atoms with Gasteiger partial charge in [-0.25, -0.2) is 57.5 Å². The van der Waals surface area contributed by atoms with Gasteiger partial charge in [0, 0.05) is 28.8 Å². The topological polar surface area (TPSA) is 544 Å². The third kappa shape index (κ3) is 24.8. The van der Waals surface area contributed by atoms with Gasteiger partial charge >= 0.3 is 77.6 Å². The number of nitrogens with zero attached hydrogens (tertiary/aromatic N) is 9. The van der Waals surface area contributed by atoms with Crippen molar-refractivity contribution in [3.8, 4) is 0 Å². The van der Waals surface area contributed by atoms with Crippen molar-refractivity contribution in [2.24, 2.45) is 15.3 Å². The zero-order chi connectivity index (χ0) is 97.6. The van der Waals surface area contributed by atoms with E-state index < -0.39 is 225 Å². The van der Waals surface area contributed by atoms with Gasteiger partial charge in [-0.05, 0) is 126 Å². The molecule has 0 saturated carbocycles. The molecule has 0 N–H and O–H groups in total. The van der Waals surface area contributed by atoms with Crippen LogP contribution < -0.4 is 0 Å². The van der Waals surface area contributed by atoms with E-state index in [1.165, 1.54) is 255 Å². The standard InChI is InChI=1S/C96H87N9O32/c1-57(106)126-67-52-95(92(117)120-3,136-80(73(67)100-103-97)76(132-88(113)64-45-27-12-28-46-64)70(129-85(110)61-39-21-9-22-40-61)54-123-82(107)58-33-15-6-16-34-58)124-56-72(131-87(112)63-43-25-11-26-44-63)78(134-90(115)66-49-31-14-32-50-66)81-75(102-105-99)69(128-84(109)60-37-19-8-20-38-60)53-96(137-81,93(118)121-4)125-55-71(130-86(111)62-41-23-10-24-42-62)77(133-89(114)65-47-29-13-30-48-65)79-74(101-104-98)68(51-94(122-5,135-79)91(116)119-2)127-83(108)59-35-17-7-18-36-59/h6-50,67-81H,51-56H2,1-5H3/t67-,68-,69-,70+,71+,72+,73+,74+,75+,76+,77+,78+,79+,80+,81+,94-,95+,96+/m0/s1. The van der Waals surface area contributed by atoms with Crippen LogP contribution in [0.15, 0.2) is 288 Å². The van der Waals surface area contributed by atoms with Gasteiger partial charge < -0.3 is 90.0 Å². The van der Waals surface area contributed by atoms with E-state index in [2.05, 4.69) is 30.1 Å². The number of hydrogen-bond acceptors (Lipinski definition) is 35. The van der Waals surface area contributed by atoms with E-state index in [0.29, 0.717) is 0 Å². The first kappa shape index (κ1) is 99.8. The molecule has 9 aromatic rings. The summed E-state index contributed by atoms with van der Waals surface area (Å²) in [4.78, 5) is 204. The molecule has 9 aromatic carbocycles. The Morgan fingerprint density at radius 3 is 0.774 bits per heavy atom. The normalized spacial score (nSPS) is 22.1. The molecular weight excluding hydrogens is 1790 g/mol. The first-order chi connectivity index (χ1) is 66.3. The Morgan fingerprint density at radius 1 is 0.307 bits per heavy atom. The van der Waals surface area contributed by atoms with E-state index in [9.17, 15) is 45.4 Å². The maximum absolute atomic E-state index is 16.0. The van der Waals surface area contributed by atoms with Crippen LogP contribution in [0, 0.1) is 0 Å². The highest BCUT2D eigenvalue weighted by molar-refractivity contribution is 5.95. The Kier molecular flexibility index (Phi) is 34.5. The van der Waals surface area contributed by atoms with Gasteiger partial charge in [0.05, 0.1) is 104 Å². The van der Waals surface area contributed by atoms with Gasteiger partial charge in [0.1, 0.15) is 61.4 Å². The molecule has 3 aliphatic rings. The van der Waals surface area contributed by atoms with E-state index in [1.807, 2.05) is 0 Å². The molecule has 0 radical (unpaired) electrons. The van der Waals surface area contributed by atoms with E-state index in [1.54, 1.807) is 18.2 Å². The second kappa shape index (κ2) is 47.4. The lowest BCUT2D eigenvalue weighted by Crippen LogP contribution is -2.67. The summed E-state index contributed by atoms with van der Waals surface area (Å²) in [6, 6.07) is 56.4. The number of hydrogen-bond donors (Lipinski definition) is 0. The molecule has 0 bridgehead atoms. The van der Waals surface area contributed by atoms with Crippen LogP contribution in [-0.4, -0.2) is 235 Å². The maximum atomic E-state index is 16.0. The van der Waals surface area contributed by atoms with Crippen molar-refractivity contribution in [3.63, 3.8) is 0 Å². The Labute approximate surface area is 779 Å². The van der Waals surface area contributed by atoms with Gasteiger partial charge in [0.2, 0.25) is 0 Å². The first-order valence-corrected chi connectivity index (χ1v) is 42.0. The number of ether oxygens (including phenoxy) is 19. The second-order valence-corrected chi connectivity index (χ2v) is 30.4. The summed E-state index contributed by atoms with van der Waals surface area (Å²) in [5, 5.41) is 12.0. The number of esters is 13. The zero-order valence-corrected chi connectivity index (χ0v) is 73.5. The SMILES string of the molecule is COC(=O)[C@]1(OC)C[C@H](OC(=O)c2ccccc2)[C@@H](N=[N+]=[N-])[C@H]([C@H](OC(=O)c2ccccc2)[C@@H](CO[C@]2(C(=O)OC)C[C@H](OC(=O)c3ccccc3)[C@@H](N=[N+]=[N-])[C@H]([C@H](OC(=O)c3ccccc3)[C@@H](CO[C@]3(C(=O)OC)C[C@H](OC(C)=O)[C@@H](N=[N+]=[N-])[C@H]([C@H](OC(=O)c4ccccc4)[C@@H](COC(=O)c4ccccc4)OC(=O)c4ccccc4)O3)OC(=O)c3ccccc3)O2)OC(=O)c2ccccc2)O1. The Hall–Kier alpha value is -16.2. The van der Waals surface area contributed by atoms with Crippen molar-refractivity contribution in [3.05, 3.63) is 354 Å². The highest BCUT2D eigenvalue weighted by Crippen LogP contribution is 2.45. The van der Waals surface area contributed by atoms with Gasteiger partial charge in [0.25, 0.3) is 17.4 Å². The summed E-state index contributed by atoms with van der Waals surface area (Å²) in [5.74, 6) is -26.8. The molecule has 41 heteroatoms. The molecule has 0 amide bonds. The smallest absolute Gasteiger partial charge is 0.366 e. The molecule has 0 aromatic heterocycles. The molecule has 3 fully saturated rings. The Morgan fingerprint density at radius 2 is 0.526 bits per heavy atom. The largest absolute Gasteiger partial charge is 0.465 e. The lowest BCUT2D eigenvalue weighted by Gasteiger charge is -2.49. The highest BCUT2D eigenvalue weighted by Gasteiger charge is 2.64. The molecule has 3 saturated heterocycles. The predicted octanol–water partition coefficient (Wildman–Crippen LogP) is 12.3. The predicted molar refractivity (Wildman–Crippen MR) is 468 cm³/mol. The number of azide groups is 3. The second-order valence-electron chi connectivity index (χ2n) is 30.4. The van der Waals surface area contributed by atoms with E-state index >= 15 is 33.6 Å². The number of benzene rings is 9. The van der Waals surface area contributed by atoms with Crippen molar-refractivity contribution in [2.75, 3.05) is 48.3 Å². The lowest BCUT2D eigenvalue weighted by atomic mass is 9.87. The summed E-state index contributed by atoms with van der Waals surface area (Å²) < 4.78 is 119. The number of rotatable bonds is 39. The van der Waals surface area contributed by atoms with Crippen molar-refractivity contribution >= 4 is 77.6 Å². The molecule has 3 heterocycles. The third-order valence-electron chi connectivity index (χ3n) is 21.8. The highest BCUT2D eigenvalue weighted by atomic mass is 16.8. The fraction of sp³-hybridized carbons (Fsp3) is 0.302. The van der Waals surface area contributed by atoms with E-state index in [0.717, 1.165) is 35.4 Å². The van der Waals surface area contributed by atoms with Crippen LogP contribution in [0.5, 0.6) is 0 Å². The summed E-state index contributed by atoms with van der Waals surface area (Å²) in [5.41, 5.74) is 30.4. The average molecular weight is 1880 g/mol. The van der Waals surface area contributed by atoms with Crippen molar-refractivity contribution in [1.29, 1.82) is 0 Å². The zero-order valence-electron chi connectivity index (χ0n) is 73.5. The molecule has 18 atom stereocenters. The number of carbonyl (C=O) groups is 13. The van der Waals surface area contributed by atoms with Crippen LogP contribution >= 0.6 is 0 Å². The van der Waals surface area contributed by atoms with Gasteiger partial charge in [-0.3, -0.25) is 4.79 Å². The monoisotopic (exact) mass is 1880 g/mol. The van der Waals surface area contributed by atoms with Gasteiger partial charge in [0.15, 0.2) is 36.6 Å². The van der Waals surface area contributed by atoms with Crippen molar-refractivity contribution < 1.29 is 152 Å². The fourth-order valence-electron chi connectivity index (χ4n) is 15.2. The molecule has 41 nitrogen and oxygen atoms in total. The minimum absolute atomic E-state index is 0.0606. The quantitative estimate of drug-likeness (QED) is 0.0113. The summed E-state index contributed by atoms with van der Waals surface area (Å²) in [7, 11) is 3.47. The van der Waals surface area contributed by atoms with Crippen molar-refractivity contribution in [2.45, 2.75) is 135 Å². The molecule has 0 aliphatic carbocycles. The Balaban J connectivity index is 1.07. The van der Waals surface area contributed by atoms with Crippen LogP contribution in [0.2, 0.25) is 0 Å². The van der Waals surface area contributed by atoms with Crippen LogP contribution in [0.1, 0.15) is 119 Å². The average Bonchev–Trinajstić information content (AvgIpc) is 0.750. The summed E-state index contributed by atoms with van der Waals surface area (Å²) in [6.45, 7) is -3.23. The third-order valence-corrected chi connectivity index (χ3v) is 21.8. The van der Waals surface area contributed by atoms with Crippen LogP contribution in [0.4, 0.5) is 0 Å². The summed E-state index contributed by atoms with van der Waals surface area (Å²) >= 11 is 0. The fourth-order valence-corrected chi connectivity index (χ4v) is 15.2. The molecule has 0 unspecified atom stereocenters. The molecule has 137 heavy (non-hydrogen) atoms.